The van der Waals surface area contributed by atoms with E-state index in [1.165, 1.54) is 35.2 Å². The second-order valence-corrected chi connectivity index (χ2v) is 7.56. The molecule has 3 heteroatoms. The van der Waals surface area contributed by atoms with Crippen LogP contribution in [0.5, 0.6) is 0 Å². The first-order valence-corrected chi connectivity index (χ1v) is 9.22. The molecule has 1 fully saturated rings. The summed E-state index contributed by atoms with van der Waals surface area (Å²) in [7, 11) is 0. The van der Waals surface area contributed by atoms with Crippen LogP contribution in [-0.2, 0) is 4.74 Å². The van der Waals surface area contributed by atoms with Gasteiger partial charge in [0.05, 0.1) is 12.1 Å². The Balaban J connectivity index is 1.77. The monoisotopic (exact) mass is 313 g/mol. The van der Waals surface area contributed by atoms with Crippen LogP contribution in [0.2, 0.25) is 0 Å². The highest BCUT2D eigenvalue weighted by atomic mass is 32.1. The average Bonchev–Trinajstić information content (AvgIpc) is 3.08. The van der Waals surface area contributed by atoms with E-state index >= 15 is 0 Å². The standard InChI is InChI=1S/C19H23NOS/c1-12(2)13-5-6-17-16(10-13)19-15(4-3-8-21-19)18(20-17)14-7-9-22-11-14/h5-7,9-12,15,18-20H,3-4,8H2,1-2H3/t15-,18-,19-/m1/s1. The van der Waals surface area contributed by atoms with Crippen molar-refractivity contribution in [3.8, 4) is 0 Å². The number of fused-ring (bicyclic) bond motifs is 3. The van der Waals surface area contributed by atoms with E-state index in [1.54, 1.807) is 11.3 Å². The van der Waals surface area contributed by atoms with Crippen LogP contribution in [-0.4, -0.2) is 6.61 Å². The maximum absolute atomic E-state index is 6.23. The molecule has 1 saturated heterocycles. The molecule has 3 atom stereocenters. The van der Waals surface area contributed by atoms with Gasteiger partial charge < -0.3 is 10.1 Å². The fraction of sp³-hybridized carbons (Fsp3) is 0.474. The predicted octanol–water partition coefficient (Wildman–Crippen LogP) is 5.51. The van der Waals surface area contributed by atoms with Crippen molar-refractivity contribution in [1.82, 2.24) is 0 Å². The largest absolute Gasteiger partial charge is 0.378 e. The molecule has 2 aromatic rings. The molecule has 3 heterocycles. The lowest BCUT2D eigenvalue weighted by molar-refractivity contribution is -0.0381. The van der Waals surface area contributed by atoms with Gasteiger partial charge in [0.2, 0.25) is 0 Å². The number of hydrogen-bond acceptors (Lipinski definition) is 3. The predicted molar refractivity (Wildman–Crippen MR) is 92.6 cm³/mol. The average molecular weight is 313 g/mol. The molecule has 1 aromatic heterocycles. The smallest absolute Gasteiger partial charge is 0.0895 e. The van der Waals surface area contributed by atoms with E-state index in [-0.39, 0.29) is 6.10 Å². The Hall–Kier alpha value is -1.32. The summed E-state index contributed by atoms with van der Waals surface area (Å²) < 4.78 is 6.23. The molecule has 0 saturated carbocycles. The van der Waals surface area contributed by atoms with Crippen LogP contribution in [0, 0.1) is 5.92 Å². The summed E-state index contributed by atoms with van der Waals surface area (Å²) in [5.74, 6) is 1.10. The van der Waals surface area contributed by atoms with Crippen molar-refractivity contribution in [1.29, 1.82) is 0 Å². The molecule has 0 unspecified atom stereocenters. The minimum absolute atomic E-state index is 0.244. The maximum Gasteiger partial charge on any atom is 0.0895 e. The van der Waals surface area contributed by atoms with Gasteiger partial charge in [0, 0.05) is 23.8 Å². The van der Waals surface area contributed by atoms with Crippen LogP contribution in [0.3, 0.4) is 0 Å². The highest BCUT2D eigenvalue weighted by molar-refractivity contribution is 7.08. The van der Waals surface area contributed by atoms with Gasteiger partial charge >= 0.3 is 0 Å². The number of nitrogens with one attached hydrogen (secondary N) is 1. The van der Waals surface area contributed by atoms with Gasteiger partial charge in [0.15, 0.2) is 0 Å². The number of anilines is 1. The molecule has 22 heavy (non-hydrogen) atoms. The van der Waals surface area contributed by atoms with Crippen molar-refractivity contribution in [3.05, 3.63) is 51.7 Å². The van der Waals surface area contributed by atoms with Gasteiger partial charge in [-0.3, -0.25) is 0 Å². The molecular weight excluding hydrogens is 290 g/mol. The number of hydrogen-bond donors (Lipinski definition) is 1. The fourth-order valence-electron chi connectivity index (χ4n) is 3.83. The Morgan fingerprint density at radius 1 is 1.27 bits per heavy atom. The molecule has 1 N–H and O–H groups in total. The Labute approximate surface area is 136 Å². The van der Waals surface area contributed by atoms with Crippen molar-refractivity contribution < 1.29 is 4.74 Å². The van der Waals surface area contributed by atoms with Crippen molar-refractivity contribution in [3.63, 3.8) is 0 Å². The van der Waals surface area contributed by atoms with Crippen molar-refractivity contribution >= 4 is 17.0 Å². The van der Waals surface area contributed by atoms with Gasteiger partial charge in [-0.1, -0.05) is 26.0 Å². The van der Waals surface area contributed by atoms with E-state index in [0.717, 1.165) is 6.61 Å². The summed E-state index contributed by atoms with van der Waals surface area (Å²) in [4.78, 5) is 0. The third-order valence-corrected chi connectivity index (χ3v) is 5.76. The van der Waals surface area contributed by atoms with Crippen LogP contribution in [0.25, 0.3) is 0 Å². The molecule has 116 valence electrons. The minimum Gasteiger partial charge on any atom is -0.378 e. The highest BCUT2D eigenvalue weighted by Crippen LogP contribution is 2.49. The first kappa shape index (κ1) is 14.3. The molecule has 2 nitrogen and oxygen atoms in total. The van der Waals surface area contributed by atoms with E-state index in [4.69, 9.17) is 4.74 Å². The van der Waals surface area contributed by atoms with Crippen LogP contribution >= 0.6 is 11.3 Å². The SMILES string of the molecule is CC(C)c1ccc2c(c1)[C@@H]1OCCC[C@@H]1[C@@H](c1ccsc1)N2. The Morgan fingerprint density at radius 2 is 2.18 bits per heavy atom. The lowest BCUT2D eigenvalue weighted by Crippen LogP contribution is -2.35. The van der Waals surface area contributed by atoms with Gasteiger partial charge in [-0.25, -0.2) is 0 Å². The van der Waals surface area contributed by atoms with E-state index in [1.807, 2.05) is 0 Å². The summed E-state index contributed by atoms with van der Waals surface area (Å²) in [5, 5.41) is 8.24. The number of benzene rings is 1. The lowest BCUT2D eigenvalue weighted by atomic mass is 9.77. The third-order valence-electron chi connectivity index (χ3n) is 5.06. The van der Waals surface area contributed by atoms with Crippen LogP contribution < -0.4 is 5.32 Å². The minimum atomic E-state index is 0.244. The molecule has 0 radical (unpaired) electrons. The van der Waals surface area contributed by atoms with Gasteiger partial charge in [-0.2, -0.15) is 11.3 Å². The molecule has 4 rings (SSSR count). The van der Waals surface area contributed by atoms with Gasteiger partial charge in [0.25, 0.3) is 0 Å². The first-order chi connectivity index (χ1) is 10.7. The number of rotatable bonds is 2. The molecule has 0 spiro atoms. The summed E-state index contributed by atoms with van der Waals surface area (Å²) in [6.45, 7) is 5.40. The Bertz CT molecular complexity index is 649. The van der Waals surface area contributed by atoms with Crippen molar-refractivity contribution in [2.45, 2.75) is 44.8 Å². The second-order valence-electron chi connectivity index (χ2n) is 6.78. The normalized spacial score (nSPS) is 27.1. The van der Waals surface area contributed by atoms with E-state index in [2.05, 4.69) is 54.2 Å². The van der Waals surface area contributed by atoms with E-state index in [0.29, 0.717) is 17.9 Å². The van der Waals surface area contributed by atoms with E-state index < -0.39 is 0 Å². The molecule has 2 aliphatic rings. The van der Waals surface area contributed by atoms with Crippen LogP contribution in [0.15, 0.2) is 35.0 Å². The molecule has 2 aliphatic heterocycles. The van der Waals surface area contributed by atoms with Crippen LogP contribution in [0.4, 0.5) is 5.69 Å². The zero-order chi connectivity index (χ0) is 15.1. The lowest BCUT2D eigenvalue weighted by Gasteiger charge is -2.43. The molecule has 1 aromatic carbocycles. The van der Waals surface area contributed by atoms with Gasteiger partial charge in [-0.05, 0) is 52.8 Å². The summed E-state index contributed by atoms with van der Waals surface area (Å²) >= 11 is 1.78. The topological polar surface area (TPSA) is 21.3 Å². The van der Waals surface area contributed by atoms with Gasteiger partial charge in [-0.15, -0.1) is 0 Å². The third kappa shape index (κ3) is 2.37. The zero-order valence-electron chi connectivity index (χ0n) is 13.2. The van der Waals surface area contributed by atoms with Gasteiger partial charge in [0.1, 0.15) is 0 Å². The summed E-state index contributed by atoms with van der Waals surface area (Å²) in [6.07, 6.45) is 2.65. The molecule has 0 amide bonds. The zero-order valence-corrected chi connectivity index (χ0v) is 14.0. The number of ether oxygens (including phenoxy) is 1. The highest BCUT2D eigenvalue weighted by Gasteiger charge is 2.39. The Kier molecular flexibility index (Phi) is 3.71. The molecule has 0 bridgehead atoms. The van der Waals surface area contributed by atoms with E-state index in [9.17, 15) is 0 Å². The Morgan fingerprint density at radius 3 is 2.95 bits per heavy atom. The second kappa shape index (κ2) is 5.71. The molecular formula is C19H23NOS. The fourth-order valence-corrected chi connectivity index (χ4v) is 4.53. The first-order valence-electron chi connectivity index (χ1n) is 8.28. The molecule has 0 aliphatic carbocycles. The quantitative estimate of drug-likeness (QED) is 0.789. The number of thiophene rings is 1. The van der Waals surface area contributed by atoms with Crippen LogP contribution in [0.1, 0.15) is 61.4 Å². The summed E-state index contributed by atoms with van der Waals surface area (Å²) in [6, 6.07) is 9.50. The van der Waals surface area contributed by atoms with Crippen molar-refractivity contribution in [2.75, 3.05) is 11.9 Å². The van der Waals surface area contributed by atoms with Crippen molar-refractivity contribution in [2.24, 2.45) is 5.92 Å². The maximum atomic E-state index is 6.23. The summed E-state index contributed by atoms with van der Waals surface area (Å²) in [5.41, 5.74) is 5.43.